The van der Waals surface area contributed by atoms with Crippen molar-refractivity contribution < 1.29 is 9.18 Å². The quantitative estimate of drug-likeness (QED) is 0.737. The van der Waals surface area contributed by atoms with Gasteiger partial charge >= 0.3 is 0 Å². The molecule has 0 aliphatic rings. The van der Waals surface area contributed by atoms with Crippen LogP contribution in [0.4, 0.5) is 4.39 Å². The predicted octanol–water partition coefficient (Wildman–Crippen LogP) is 4.75. The number of hydrogen-bond donors (Lipinski definition) is 0. The molecule has 2 rings (SSSR count). The monoisotopic (exact) mass is 331 g/mol. The van der Waals surface area contributed by atoms with Gasteiger partial charge in [0.2, 0.25) is 5.91 Å². The Balaban J connectivity index is 1.98. The van der Waals surface area contributed by atoms with Gasteiger partial charge in [-0.15, -0.1) is 11.8 Å². The minimum atomic E-state index is -0.264. The molecule has 0 radical (unpaired) electrons. The van der Waals surface area contributed by atoms with Crippen LogP contribution in [0.5, 0.6) is 0 Å². The van der Waals surface area contributed by atoms with Crippen molar-refractivity contribution in [1.29, 1.82) is 0 Å². The molecule has 1 amide bonds. The Bertz CT molecular complexity index is 684. The highest BCUT2D eigenvalue weighted by Gasteiger charge is 2.17. The number of thioether (sulfide) groups is 1. The van der Waals surface area contributed by atoms with E-state index in [1.807, 2.05) is 6.92 Å². The van der Waals surface area contributed by atoms with E-state index < -0.39 is 0 Å². The molecule has 1 unspecified atom stereocenters. The number of halogens is 1. The highest BCUT2D eigenvalue weighted by Crippen LogP contribution is 2.25. The molecule has 4 heteroatoms. The van der Waals surface area contributed by atoms with Gasteiger partial charge in [-0.3, -0.25) is 4.79 Å². The molecule has 0 aromatic heterocycles. The van der Waals surface area contributed by atoms with Crippen molar-refractivity contribution in [2.24, 2.45) is 0 Å². The Morgan fingerprint density at radius 2 is 1.83 bits per heavy atom. The molecule has 0 aliphatic heterocycles. The van der Waals surface area contributed by atoms with Crippen molar-refractivity contribution in [1.82, 2.24) is 4.90 Å². The van der Waals surface area contributed by atoms with Gasteiger partial charge in [0.15, 0.2) is 0 Å². The number of hydrogen-bond acceptors (Lipinski definition) is 2. The van der Waals surface area contributed by atoms with Crippen LogP contribution in [0.3, 0.4) is 0 Å². The summed E-state index contributed by atoms with van der Waals surface area (Å²) in [6, 6.07) is 12.5. The van der Waals surface area contributed by atoms with Gasteiger partial charge in [0, 0.05) is 11.9 Å². The van der Waals surface area contributed by atoms with Gasteiger partial charge in [0.1, 0.15) is 5.82 Å². The molecule has 0 saturated carbocycles. The molecule has 122 valence electrons. The van der Waals surface area contributed by atoms with Crippen molar-refractivity contribution in [3.05, 3.63) is 65.0 Å². The van der Waals surface area contributed by atoms with Crippen molar-refractivity contribution >= 4 is 17.7 Å². The molecular weight excluding hydrogens is 309 g/mol. The lowest BCUT2D eigenvalue weighted by molar-refractivity contribution is -0.128. The molecule has 0 heterocycles. The van der Waals surface area contributed by atoms with E-state index in [2.05, 4.69) is 32.0 Å². The third-order valence-corrected chi connectivity index (χ3v) is 5.17. The lowest BCUT2D eigenvalue weighted by Gasteiger charge is -2.25. The van der Waals surface area contributed by atoms with Gasteiger partial charge in [-0.2, -0.15) is 0 Å². The fourth-order valence-corrected chi connectivity index (χ4v) is 3.32. The zero-order valence-electron chi connectivity index (χ0n) is 14.0. The molecule has 0 fully saturated rings. The van der Waals surface area contributed by atoms with Gasteiger partial charge in [-0.25, -0.2) is 4.39 Å². The highest BCUT2D eigenvalue weighted by molar-refractivity contribution is 8.00. The fourth-order valence-electron chi connectivity index (χ4n) is 2.38. The lowest BCUT2D eigenvalue weighted by atomic mass is 10.1. The molecule has 0 spiro atoms. The Morgan fingerprint density at radius 1 is 1.17 bits per heavy atom. The van der Waals surface area contributed by atoms with Gasteiger partial charge in [0.25, 0.3) is 0 Å². The SMILES string of the molecule is Cc1ccc(SCC(=O)N(C)C(C)c2ccc(F)cc2)c(C)c1. The first kappa shape index (κ1) is 17.5. The first-order valence-corrected chi connectivity index (χ1v) is 8.58. The molecular formula is C19H22FNOS. The van der Waals surface area contributed by atoms with E-state index in [9.17, 15) is 9.18 Å². The Kier molecular flexibility index (Phi) is 5.83. The number of amides is 1. The lowest BCUT2D eigenvalue weighted by Crippen LogP contribution is -2.31. The van der Waals surface area contributed by atoms with Crippen LogP contribution in [-0.2, 0) is 4.79 Å². The molecule has 2 aromatic carbocycles. The summed E-state index contributed by atoms with van der Waals surface area (Å²) in [5.41, 5.74) is 3.34. The van der Waals surface area contributed by atoms with Gasteiger partial charge in [-0.1, -0.05) is 29.8 Å². The topological polar surface area (TPSA) is 20.3 Å². The average Bonchev–Trinajstić information content (AvgIpc) is 2.53. The predicted molar refractivity (Wildman–Crippen MR) is 94.2 cm³/mol. The molecule has 23 heavy (non-hydrogen) atoms. The number of nitrogens with zero attached hydrogens (tertiary/aromatic N) is 1. The first-order chi connectivity index (χ1) is 10.9. The zero-order valence-corrected chi connectivity index (χ0v) is 14.8. The summed E-state index contributed by atoms with van der Waals surface area (Å²) < 4.78 is 13.0. The molecule has 1 atom stereocenters. The van der Waals surface area contributed by atoms with E-state index in [0.717, 1.165) is 10.5 Å². The maximum Gasteiger partial charge on any atom is 0.233 e. The first-order valence-electron chi connectivity index (χ1n) is 7.59. The van der Waals surface area contributed by atoms with Crippen molar-refractivity contribution in [3.8, 4) is 0 Å². The summed E-state index contributed by atoms with van der Waals surface area (Å²) in [6.07, 6.45) is 0. The van der Waals surface area contributed by atoms with Crippen LogP contribution in [0, 0.1) is 19.7 Å². The van der Waals surface area contributed by atoms with Gasteiger partial charge < -0.3 is 4.90 Å². The average molecular weight is 331 g/mol. The number of rotatable bonds is 5. The second-order valence-corrected chi connectivity index (χ2v) is 6.81. The molecule has 2 nitrogen and oxygen atoms in total. The zero-order chi connectivity index (χ0) is 17.0. The molecule has 0 N–H and O–H groups in total. The van der Waals surface area contributed by atoms with E-state index in [-0.39, 0.29) is 17.8 Å². The maximum absolute atomic E-state index is 13.0. The number of aryl methyl sites for hydroxylation is 2. The van der Waals surface area contributed by atoms with Gasteiger partial charge in [-0.05, 0) is 50.1 Å². The second-order valence-electron chi connectivity index (χ2n) is 5.79. The van der Waals surface area contributed by atoms with Crippen LogP contribution >= 0.6 is 11.8 Å². The van der Waals surface area contributed by atoms with Crippen LogP contribution in [0.2, 0.25) is 0 Å². The minimum Gasteiger partial charge on any atom is -0.338 e. The third kappa shape index (κ3) is 4.58. The fraction of sp³-hybridized carbons (Fsp3) is 0.316. The Morgan fingerprint density at radius 3 is 2.43 bits per heavy atom. The number of carbonyl (C=O) groups excluding carboxylic acids is 1. The molecule has 0 saturated heterocycles. The van der Waals surface area contributed by atoms with E-state index >= 15 is 0 Å². The smallest absolute Gasteiger partial charge is 0.233 e. The maximum atomic E-state index is 13.0. The van der Waals surface area contributed by atoms with Crippen LogP contribution in [0.15, 0.2) is 47.4 Å². The van der Waals surface area contributed by atoms with E-state index in [1.54, 1.807) is 35.8 Å². The van der Waals surface area contributed by atoms with Crippen LogP contribution < -0.4 is 0 Å². The van der Waals surface area contributed by atoms with Crippen molar-refractivity contribution in [3.63, 3.8) is 0 Å². The van der Waals surface area contributed by atoms with Crippen LogP contribution in [-0.4, -0.2) is 23.6 Å². The Hall–Kier alpha value is -1.81. The number of benzene rings is 2. The normalized spacial score (nSPS) is 12.0. The number of carbonyl (C=O) groups is 1. The minimum absolute atomic E-state index is 0.0619. The van der Waals surface area contributed by atoms with Crippen molar-refractivity contribution in [2.45, 2.75) is 31.7 Å². The Labute approximate surface area is 141 Å². The van der Waals surface area contributed by atoms with E-state index in [0.29, 0.717) is 5.75 Å². The third-order valence-electron chi connectivity index (χ3n) is 4.01. The molecule has 0 bridgehead atoms. The largest absolute Gasteiger partial charge is 0.338 e. The highest BCUT2D eigenvalue weighted by atomic mass is 32.2. The summed E-state index contributed by atoms with van der Waals surface area (Å²) in [5, 5.41) is 0. The summed E-state index contributed by atoms with van der Waals surface area (Å²) in [6.45, 7) is 6.07. The second kappa shape index (κ2) is 7.64. The summed E-state index contributed by atoms with van der Waals surface area (Å²) >= 11 is 1.56. The summed E-state index contributed by atoms with van der Waals surface area (Å²) in [7, 11) is 1.79. The van der Waals surface area contributed by atoms with Crippen molar-refractivity contribution in [2.75, 3.05) is 12.8 Å². The van der Waals surface area contributed by atoms with Crippen LogP contribution in [0.1, 0.15) is 29.7 Å². The van der Waals surface area contributed by atoms with E-state index in [4.69, 9.17) is 0 Å². The summed E-state index contributed by atoms with van der Waals surface area (Å²) in [4.78, 5) is 15.3. The molecule has 0 aliphatic carbocycles. The summed E-state index contributed by atoms with van der Waals surface area (Å²) in [5.74, 6) is 0.193. The molecule has 2 aromatic rings. The van der Waals surface area contributed by atoms with Gasteiger partial charge in [0.05, 0.1) is 11.8 Å². The van der Waals surface area contributed by atoms with E-state index in [1.165, 1.54) is 23.3 Å². The standard InChI is InChI=1S/C19H22FNOS/c1-13-5-10-18(14(2)11-13)23-12-19(22)21(4)15(3)16-6-8-17(20)9-7-16/h5-11,15H,12H2,1-4H3. The van der Waals surface area contributed by atoms with Crippen LogP contribution in [0.25, 0.3) is 0 Å².